The van der Waals surface area contributed by atoms with Gasteiger partial charge < -0.3 is 5.32 Å². The van der Waals surface area contributed by atoms with Crippen molar-refractivity contribution in [3.63, 3.8) is 0 Å². The largest absolute Gasteiger partial charge is 0.310 e. The second kappa shape index (κ2) is 8.82. The molecule has 0 fully saturated rings. The summed E-state index contributed by atoms with van der Waals surface area (Å²) in [6.07, 6.45) is 1.45. The first-order valence-electron chi connectivity index (χ1n) is 10.9. The maximum absolute atomic E-state index is 13.3. The zero-order chi connectivity index (χ0) is 23.8. The molecule has 172 valence electrons. The van der Waals surface area contributed by atoms with E-state index in [1.807, 2.05) is 32.0 Å². The molecule has 0 saturated carbocycles. The molecule has 4 rings (SSSR count). The van der Waals surface area contributed by atoms with E-state index in [4.69, 9.17) is 0 Å². The van der Waals surface area contributed by atoms with E-state index in [2.05, 4.69) is 15.1 Å². The highest BCUT2D eigenvalue weighted by Crippen LogP contribution is 2.36. The molecule has 1 amide bonds. The van der Waals surface area contributed by atoms with Crippen LogP contribution in [0.1, 0.15) is 48.3 Å². The van der Waals surface area contributed by atoms with E-state index in [9.17, 15) is 18.0 Å². The zero-order valence-electron chi connectivity index (χ0n) is 18.8. The summed E-state index contributed by atoms with van der Waals surface area (Å²) >= 11 is 0. The fraction of sp³-hybridized carbons (Fsp3) is 0.292. The highest BCUT2D eigenvalue weighted by atomic mass is 32.2. The van der Waals surface area contributed by atoms with Crippen molar-refractivity contribution in [1.29, 1.82) is 0 Å². The van der Waals surface area contributed by atoms with Crippen molar-refractivity contribution in [3.05, 3.63) is 59.3 Å². The van der Waals surface area contributed by atoms with Crippen molar-refractivity contribution in [3.8, 4) is 11.1 Å². The third kappa shape index (κ3) is 4.41. The normalized spacial score (nSPS) is 13.9. The molecule has 0 radical (unpaired) electrons. The smallest absolute Gasteiger partial charge is 0.262 e. The fourth-order valence-corrected chi connectivity index (χ4v) is 5.26. The summed E-state index contributed by atoms with van der Waals surface area (Å²) in [6, 6.07) is 12.3. The van der Waals surface area contributed by atoms with Crippen LogP contribution < -0.4 is 10.0 Å². The molecule has 0 saturated heterocycles. The van der Waals surface area contributed by atoms with Gasteiger partial charge in [-0.1, -0.05) is 38.1 Å². The van der Waals surface area contributed by atoms with E-state index in [0.717, 1.165) is 12.0 Å². The average molecular weight is 467 g/mol. The van der Waals surface area contributed by atoms with E-state index in [1.165, 1.54) is 4.68 Å². The molecule has 2 heterocycles. The number of aryl methyl sites for hydroxylation is 3. The summed E-state index contributed by atoms with van der Waals surface area (Å²) in [5.74, 6) is -0.264. The van der Waals surface area contributed by atoms with Gasteiger partial charge in [-0.05, 0) is 54.7 Å². The maximum Gasteiger partial charge on any atom is 0.262 e. The molecule has 0 bridgehead atoms. The number of hydrogen-bond acceptors (Lipinski definition) is 5. The molecule has 8 nitrogen and oxygen atoms in total. The van der Waals surface area contributed by atoms with Gasteiger partial charge in [0.25, 0.3) is 10.0 Å². The van der Waals surface area contributed by atoms with Crippen molar-refractivity contribution < 1.29 is 18.0 Å². The highest BCUT2D eigenvalue weighted by molar-refractivity contribution is 7.92. The first kappa shape index (κ1) is 22.7. The first-order valence-corrected chi connectivity index (χ1v) is 12.4. The predicted molar refractivity (Wildman–Crippen MR) is 127 cm³/mol. The topological polar surface area (TPSA) is 110 Å². The minimum absolute atomic E-state index is 0.0668. The Bertz CT molecular complexity index is 1360. The summed E-state index contributed by atoms with van der Waals surface area (Å²) in [5.41, 5.74) is 3.83. The van der Waals surface area contributed by atoms with Gasteiger partial charge in [0.05, 0.1) is 10.6 Å². The number of carbonyl (C=O) groups is 2. The number of aromatic nitrogens is 2. The monoisotopic (exact) mass is 466 g/mol. The van der Waals surface area contributed by atoms with Crippen molar-refractivity contribution in [2.75, 3.05) is 10.0 Å². The quantitative estimate of drug-likeness (QED) is 0.567. The van der Waals surface area contributed by atoms with Gasteiger partial charge in [0.2, 0.25) is 11.8 Å². The number of rotatable bonds is 6. The molecular weight excluding hydrogens is 440 g/mol. The van der Waals surface area contributed by atoms with Gasteiger partial charge >= 0.3 is 0 Å². The van der Waals surface area contributed by atoms with E-state index in [-0.39, 0.29) is 35.4 Å². The Balaban J connectivity index is 1.81. The summed E-state index contributed by atoms with van der Waals surface area (Å²) in [4.78, 5) is 24.8. The molecule has 0 spiro atoms. The average Bonchev–Trinajstić information content (AvgIpc) is 3.09. The van der Waals surface area contributed by atoms with Crippen LogP contribution in [0.25, 0.3) is 11.1 Å². The molecule has 9 heteroatoms. The third-order valence-corrected chi connectivity index (χ3v) is 7.23. The predicted octanol–water partition coefficient (Wildman–Crippen LogP) is 4.16. The molecule has 1 aliphatic rings. The number of nitrogens with zero attached hydrogens (tertiary/aromatic N) is 2. The molecule has 1 aromatic heterocycles. The number of nitrogens with one attached hydrogen (secondary N) is 2. The van der Waals surface area contributed by atoms with Crippen LogP contribution in [0.4, 0.5) is 11.5 Å². The standard InChI is InChI=1S/C24H26N4O4S/c1-4-16-7-6-8-18(13-16)27-33(31,32)20-14-17(10-9-15(20)3)23-19(5-2)26-28-22(30)12-11-21(29)25-24(23)28/h6-10,13-14,27H,4-5,11-12H2,1-3H3,(H,25,29). The summed E-state index contributed by atoms with van der Waals surface area (Å²) in [6.45, 7) is 5.63. The molecule has 0 aliphatic carbocycles. The van der Waals surface area contributed by atoms with Gasteiger partial charge in [-0.15, -0.1) is 0 Å². The van der Waals surface area contributed by atoms with Gasteiger partial charge in [0.15, 0.2) is 0 Å². The van der Waals surface area contributed by atoms with Crippen LogP contribution >= 0.6 is 0 Å². The SMILES string of the molecule is CCc1cccc(NS(=O)(=O)c2cc(-c3c(CC)nn4c3NC(=O)CCC4=O)ccc2C)c1. The Morgan fingerprint density at radius 2 is 1.85 bits per heavy atom. The number of sulfonamides is 1. The number of anilines is 2. The number of benzene rings is 2. The Morgan fingerprint density at radius 3 is 2.58 bits per heavy atom. The molecule has 33 heavy (non-hydrogen) atoms. The minimum Gasteiger partial charge on any atom is -0.310 e. The van der Waals surface area contributed by atoms with Crippen LogP contribution in [-0.2, 0) is 27.7 Å². The third-order valence-electron chi connectivity index (χ3n) is 5.71. The van der Waals surface area contributed by atoms with Crippen molar-refractivity contribution in [2.24, 2.45) is 0 Å². The lowest BCUT2D eigenvalue weighted by Gasteiger charge is -2.14. The van der Waals surface area contributed by atoms with Crippen molar-refractivity contribution in [2.45, 2.75) is 51.3 Å². The van der Waals surface area contributed by atoms with E-state index in [0.29, 0.717) is 34.5 Å². The fourth-order valence-electron chi connectivity index (χ4n) is 3.94. The van der Waals surface area contributed by atoms with Crippen LogP contribution in [0.2, 0.25) is 0 Å². The van der Waals surface area contributed by atoms with Crippen molar-refractivity contribution in [1.82, 2.24) is 9.78 Å². The van der Waals surface area contributed by atoms with Gasteiger partial charge in [-0.2, -0.15) is 9.78 Å². The van der Waals surface area contributed by atoms with Gasteiger partial charge in [-0.25, -0.2) is 8.42 Å². The molecule has 1 aliphatic heterocycles. The zero-order valence-corrected chi connectivity index (χ0v) is 19.6. The molecule has 2 aromatic carbocycles. The molecule has 0 atom stereocenters. The Hall–Kier alpha value is -3.46. The lowest BCUT2D eigenvalue weighted by Crippen LogP contribution is -2.15. The summed E-state index contributed by atoms with van der Waals surface area (Å²) in [7, 11) is -3.88. The van der Waals surface area contributed by atoms with E-state index in [1.54, 1.807) is 31.2 Å². The van der Waals surface area contributed by atoms with Crippen LogP contribution in [-0.4, -0.2) is 30.0 Å². The van der Waals surface area contributed by atoms with Gasteiger partial charge in [0.1, 0.15) is 5.82 Å². The summed E-state index contributed by atoms with van der Waals surface area (Å²) in [5, 5.41) is 7.19. The van der Waals surface area contributed by atoms with Crippen LogP contribution in [0.5, 0.6) is 0 Å². The first-order chi connectivity index (χ1) is 15.7. The molecule has 0 unspecified atom stereocenters. The van der Waals surface area contributed by atoms with E-state index >= 15 is 0 Å². The lowest BCUT2D eigenvalue weighted by atomic mass is 10.0. The van der Waals surface area contributed by atoms with Crippen LogP contribution in [0, 0.1) is 6.92 Å². The Morgan fingerprint density at radius 1 is 1.06 bits per heavy atom. The molecular formula is C24H26N4O4S. The summed E-state index contributed by atoms with van der Waals surface area (Å²) < 4.78 is 30.5. The molecule has 3 aromatic rings. The lowest BCUT2D eigenvalue weighted by molar-refractivity contribution is -0.116. The van der Waals surface area contributed by atoms with Gasteiger partial charge in [0, 0.05) is 24.1 Å². The highest BCUT2D eigenvalue weighted by Gasteiger charge is 2.28. The maximum atomic E-state index is 13.3. The molecule has 2 N–H and O–H groups in total. The number of carbonyl (C=O) groups excluding carboxylic acids is 2. The van der Waals surface area contributed by atoms with Gasteiger partial charge in [-0.3, -0.25) is 14.3 Å². The second-order valence-corrected chi connectivity index (χ2v) is 9.67. The van der Waals surface area contributed by atoms with Crippen molar-refractivity contribution >= 4 is 33.3 Å². The number of hydrogen-bond donors (Lipinski definition) is 2. The Labute approximate surface area is 193 Å². The minimum atomic E-state index is -3.88. The Kier molecular flexibility index (Phi) is 6.07. The van der Waals surface area contributed by atoms with E-state index < -0.39 is 10.0 Å². The number of fused-ring (bicyclic) bond motifs is 1. The van der Waals surface area contributed by atoms with Crippen LogP contribution in [0.3, 0.4) is 0 Å². The second-order valence-electron chi connectivity index (χ2n) is 8.02. The van der Waals surface area contributed by atoms with Crippen LogP contribution in [0.15, 0.2) is 47.4 Å². The number of amides is 1.